The van der Waals surface area contributed by atoms with Gasteiger partial charge in [-0.2, -0.15) is 0 Å². The average molecular weight is 679 g/mol. The van der Waals surface area contributed by atoms with Crippen molar-refractivity contribution < 1.29 is 57.3 Å². The van der Waals surface area contributed by atoms with Gasteiger partial charge in [-0.25, -0.2) is 0 Å². The van der Waals surface area contributed by atoms with Crippen molar-refractivity contribution in [2.75, 3.05) is 13.2 Å². The molecule has 264 valence electrons. The lowest BCUT2D eigenvalue weighted by atomic mass is 9.98. The molecular formula is C32H42N2O14. The van der Waals surface area contributed by atoms with Crippen LogP contribution in [0.25, 0.3) is 10.9 Å². The van der Waals surface area contributed by atoms with Crippen LogP contribution in [0.4, 0.5) is 5.69 Å². The van der Waals surface area contributed by atoms with Crippen LogP contribution in [0.15, 0.2) is 23.0 Å². The molecule has 16 heteroatoms. The molecule has 16 nitrogen and oxygen atoms in total. The summed E-state index contributed by atoms with van der Waals surface area (Å²) < 4.78 is 41.0. The molecule has 1 aliphatic rings. The van der Waals surface area contributed by atoms with Crippen molar-refractivity contribution in [1.82, 2.24) is 4.57 Å². The van der Waals surface area contributed by atoms with Crippen molar-refractivity contribution in [3.8, 4) is 11.5 Å². The van der Waals surface area contributed by atoms with Gasteiger partial charge in [0.2, 0.25) is 18.1 Å². The summed E-state index contributed by atoms with van der Waals surface area (Å²) in [5.74, 6) is -3.64. The van der Waals surface area contributed by atoms with Crippen LogP contribution in [0, 0.1) is 10.1 Å². The number of benzene rings is 1. The zero-order valence-corrected chi connectivity index (χ0v) is 27.9. The van der Waals surface area contributed by atoms with Crippen molar-refractivity contribution in [2.45, 2.75) is 104 Å². The molecule has 1 fully saturated rings. The number of unbranched alkanes of at least 4 members (excludes halogenated alkanes) is 5. The van der Waals surface area contributed by atoms with Gasteiger partial charge in [-0.15, -0.1) is 0 Å². The van der Waals surface area contributed by atoms with Gasteiger partial charge < -0.3 is 37.7 Å². The minimum Gasteiger partial charge on any atom is -0.485 e. The van der Waals surface area contributed by atoms with Crippen LogP contribution in [0.1, 0.15) is 73.1 Å². The van der Waals surface area contributed by atoms with Gasteiger partial charge >= 0.3 is 23.9 Å². The van der Waals surface area contributed by atoms with Crippen molar-refractivity contribution in [3.05, 3.63) is 38.7 Å². The summed E-state index contributed by atoms with van der Waals surface area (Å²) >= 11 is 0. The molecule has 5 atom stereocenters. The number of aromatic nitrogens is 1. The maximum Gasteiger partial charge on any atom is 0.303 e. The molecule has 0 N–H and O–H groups in total. The van der Waals surface area contributed by atoms with E-state index in [4.69, 9.17) is 33.2 Å². The Balaban J connectivity index is 2.17. The average Bonchev–Trinajstić information content (AvgIpc) is 3.01. The molecule has 0 unspecified atom stereocenters. The number of esters is 4. The van der Waals surface area contributed by atoms with Gasteiger partial charge in [-0.3, -0.25) is 34.1 Å². The number of carbonyl (C=O) groups is 4. The molecule has 0 bridgehead atoms. The molecule has 0 radical (unpaired) electrons. The highest BCUT2D eigenvalue weighted by molar-refractivity contribution is 5.89. The molecular weight excluding hydrogens is 636 g/mol. The quantitative estimate of drug-likeness (QED) is 0.0819. The number of ether oxygens (including phenoxy) is 7. The Morgan fingerprint density at radius 1 is 0.854 bits per heavy atom. The first-order valence-corrected chi connectivity index (χ1v) is 15.7. The third kappa shape index (κ3) is 9.89. The zero-order valence-electron chi connectivity index (χ0n) is 27.9. The Kier molecular flexibility index (Phi) is 13.7. The summed E-state index contributed by atoms with van der Waals surface area (Å²) in [4.78, 5) is 73.0. The van der Waals surface area contributed by atoms with Crippen LogP contribution >= 0.6 is 0 Å². The van der Waals surface area contributed by atoms with Crippen molar-refractivity contribution in [1.29, 1.82) is 0 Å². The Morgan fingerprint density at radius 3 is 2.06 bits per heavy atom. The van der Waals surface area contributed by atoms with E-state index in [-0.39, 0.29) is 34.7 Å². The van der Waals surface area contributed by atoms with Gasteiger partial charge in [-0.05, 0) is 12.5 Å². The molecule has 2 heterocycles. The fraction of sp³-hybridized carbons (Fsp3) is 0.594. The lowest BCUT2D eigenvalue weighted by molar-refractivity contribution is -0.384. The fourth-order valence-electron chi connectivity index (χ4n) is 5.28. The highest BCUT2D eigenvalue weighted by Gasteiger charge is 2.53. The minimum atomic E-state index is -1.67. The Labute approximate surface area is 276 Å². The number of pyridine rings is 1. The summed E-state index contributed by atoms with van der Waals surface area (Å²) in [6.45, 7) is 6.14. The number of nitro benzene ring substituents is 1. The van der Waals surface area contributed by atoms with Gasteiger partial charge in [0.05, 0.1) is 17.0 Å². The molecule has 1 aromatic carbocycles. The van der Waals surface area contributed by atoms with Gasteiger partial charge in [0.1, 0.15) is 12.7 Å². The summed E-state index contributed by atoms with van der Waals surface area (Å²) in [7, 11) is 1.42. The van der Waals surface area contributed by atoms with E-state index in [1.807, 2.05) is 0 Å². The predicted octanol–water partition coefficient (Wildman–Crippen LogP) is 3.65. The van der Waals surface area contributed by atoms with Gasteiger partial charge in [0.25, 0.3) is 11.2 Å². The maximum absolute atomic E-state index is 13.7. The van der Waals surface area contributed by atoms with Crippen LogP contribution in [-0.4, -0.2) is 77.3 Å². The normalized spacial score (nSPS) is 20.4. The van der Waals surface area contributed by atoms with E-state index in [1.54, 1.807) is 0 Å². The van der Waals surface area contributed by atoms with Crippen LogP contribution in [-0.2, 0) is 49.9 Å². The number of carbonyl (C=O) groups excluding carboxylic acids is 4. The second-order valence-corrected chi connectivity index (χ2v) is 11.3. The second kappa shape index (κ2) is 17.4. The van der Waals surface area contributed by atoms with E-state index in [2.05, 4.69) is 6.92 Å². The molecule has 0 aliphatic carbocycles. The van der Waals surface area contributed by atoms with Crippen molar-refractivity contribution in [3.63, 3.8) is 0 Å². The molecule has 1 saturated heterocycles. The Hall–Kier alpha value is -4.73. The second-order valence-electron chi connectivity index (χ2n) is 11.3. The molecule has 2 aromatic rings. The van der Waals surface area contributed by atoms with Crippen LogP contribution < -0.4 is 15.0 Å². The first-order valence-electron chi connectivity index (χ1n) is 15.7. The molecule has 0 saturated carbocycles. The third-order valence-electron chi connectivity index (χ3n) is 7.43. The SMILES string of the molecule is CCCCCCCCOc1c(O[C@H]2O[C@H](COC(C)=O)[C@@H](OC(C)=O)[C@H](OC(C)=O)[C@@H]2OC(C)=O)c2ccc([N+](=O)[O-])cc2n(C)c1=O. The van der Waals surface area contributed by atoms with Crippen LogP contribution in [0.5, 0.6) is 11.5 Å². The van der Waals surface area contributed by atoms with E-state index in [9.17, 15) is 34.1 Å². The highest BCUT2D eigenvalue weighted by Crippen LogP contribution is 2.38. The molecule has 1 aliphatic heterocycles. The number of rotatable bonds is 16. The molecule has 0 spiro atoms. The number of nitro groups is 1. The number of fused-ring (bicyclic) bond motifs is 1. The van der Waals surface area contributed by atoms with E-state index < -0.39 is 71.7 Å². The number of hydrogen-bond donors (Lipinski definition) is 0. The first kappa shape index (κ1) is 37.7. The number of aryl methyl sites for hydroxylation is 1. The van der Waals surface area contributed by atoms with E-state index in [1.165, 1.54) is 29.8 Å². The lowest BCUT2D eigenvalue weighted by Gasteiger charge is -2.44. The predicted molar refractivity (Wildman–Crippen MR) is 167 cm³/mol. The standard InChI is InChI=1S/C32H42N2O14/c1-7-8-9-10-11-12-15-42-29-26(23-14-13-22(34(40)41)16-24(23)33(6)31(29)39)48-32-30(46-21(5)38)28(45-20(4)37)27(44-19(3)36)25(47-32)17-43-18(2)35/h13-14,16,25,27-28,30,32H,7-12,15,17H2,1-6H3/t25-,27-,28+,30+,32-/m1/s1. The van der Waals surface area contributed by atoms with Crippen molar-refractivity contribution >= 4 is 40.5 Å². The maximum atomic E-state index is 13.7. The molecule has 3 rings (SSSR count). The van der Waals surface area contributed by atoms with Crippen LogP contribution in [0.3, 0.4) is 0 Å². The van der Waals surface area contributed by atoms with Gasteiger partial charge in [0.15, 0.2) is 18.0 Å². The number of hydrogen-bond acceptors (Lipinski definition) is 14. The molecule has 0 amide bonds. The Bertz CT molecular complexity index is 1550. The lowest BCUT2D eigenvalue weighted by Crippen LogP contribution is -2.63. The summed E-state index contributed by atoms with van der Waals surface area (Å²) in [5, 5.41) is 11.8. The highest BCUT2D eigenvalue weighted by atomic mass is 16.7. The van der Waals surface area contributed by atoms with Crippen molar-refractivity contribution in [2.24, 2.45) is 7.05 Å². The summed E-state index contributed by atoms with van der Waals surface area (Å²) in [6.07, 6.45) is -1.85. The molecule has 1 aromatic heterocycles. The molecule has 48 heavy (non-hydrogen) atoms. The van der Waals surface area contributed by atoms with Gasteiger partial charge in [0, 0.05) is 52.3 Å². The summed E-state index contributed by atoms with van der Waals surface area (Å²) in [5.41, 5.74) is -0.868. The first-order chi connectivity index (χ1) is 22.7. The largest absolute Gasteiger partial charge is 0.485 e. The van der Waals surface area contributed by atoms with Crippen LogP contribution in [0.2, 0.25) is 0 Å². The fourth-order valence-corrected chi connectivity index (χ4v) is 5.28. The number of nitrogens with zero attached hydrogens (tertiary/aromatic N) is 2. The topological polar surface area (TPSA) is 198 Å². The van der Waals surface area contributed by atoms with E-state index in [0.717, 1.165) is 59.8 Å². The Morgan fingerprint density at radius 2 is 1.46 bits per heavy atom. The smallest absolute Gasteiger partial charge is 0.303 e. The van der Waals surface area contributed by atoms with Gasteiger partial charge in [-0.1, -0.05) is 39.0 Å². The third-order valence-corrected chi connectivity index (χ3v) is 7.43. The summed E-state index contributed by atoms with van der Waals surface area (Å²) in [6, 6.07) is 3.77. The minimum absolute atomic E-state index is 0.113. The monoisotopic (exact) mass is 678 g/mol. The zero-order chi connectivity index (χ0) is 35.5. The van der Waals surface area contributed by atoms with E-state index >= 15 is 0 Å². The number of non-ortho nitro benzene ring substituents is 1. The van der Waals surface area contributed by atoms with E-state index in [0.29, 0.717) is 6.42 Å².